The van der Waals surface area contributed by atoms with E-state index < -0.39 is 23.5 Å². The summed E-state index contributed by atoms with van der Waals surface area (Å²) < 4.78 is 45.4. The minimum absolute atomic E-state index is 0.0385. The van der Waals surface area contributed by atoms with E-state index >= 15 is 0 Å². The third kappa shape index (κ3) is 2.46. The molecule has 0 amide bonds. The summed E-state index contributed by atoms with van der Waals surface area (Å²) >= 11 is 0. The van der Waals surface area contributed by atoms with Crippen molar-refractivity contribution in [1.82, 2.24) is 10.3 Å². The van der Waals surface area contributed by atoms with Gasteiger partial charge in [-0.3, -0.25) is 4.98 Å². The Morgan fingerprint density at radius 1 is 1.15 bits per heavy atom. The van der Waals surface area contributed by atoms with Crippen molar-refractivity contribution in [3.8, 4) is 5.75 Å². The van der Waals surface area contributed by atoms with Gasteiger partial charge in [-0.15, -0.1) is 0 Å². The third-order valence-electron chi connectivity index (χ3n) is 2.96. The van der Waals surface area contributed by atoms with Gasteiger partial charge in [0.2, 0.25) is 0 Å². The van der Waals surface area contributed by atoms with Crippen LogP contribution in [0.3, 0.4) is 0 Å². The number of ether oxygens (including phenoxy) is 1. The number of benzene rings is 1. The Kier molecular flexibility index (Phi) is 4.24. The van der Waals surface area contributed by atoms with Gasteiger partial charge in [-0.25, -0.2) is 13.2 Å². The van der Waals surface area contributed by atoms with E-state index in [4.69, 9.17) is 4.74 Å². The summed E-state index contributed by atoms with van der Waals surface area (Å²) in [4.78, 5) is 4.12. The van der Waals surface area contributed by atoms with Gasteiger partial charge in [0.05, 0.1) is 13.2 Å². The second kappa shape index (κ2) is 5.92. The van der Waals surface area contributed by atoms with Crippen molar-refractivity contribution in [2.45, 2.75) is 6.04 Å². The Hall–Kier alpha value is -2.08. The largest absolute Gasteiger partial charge is 0.495 e. The number of nitrogens with zero attached hydrogens (tertiary/aromatic N) is 1. The first kappa shape index (κ1) is 14.3. The number of pyridine rings is 1. The Morgan fingerprint density at radius 2 is 1.90 bits per heavy atom. The Bertz CT molecular complexity index is 619. The summed E-state index contributed by atoms with van der Waals surface area (Å²) in [7, 11) is 3.02. The van der Waals surface area contributed by atoms with Crippen molar-refractivity contribution in [3.05, 3.63) is 59.2 Å². The minimum atomic E-state index is -1.50. The van der Waals surface area contributed by atoms with E-state index in [9.17, 15) is 13.2 Å². The maximum Gasteiger partial charge on any atom is 0.194 e. The number of halogens is 3. The molecule has 0 aliphatic rings. The summed E-state index contributed by atoms with van der Waals surface area (Å²) in [5.74, 6) is -3.54. The second-order valence-corrected chi connectivity index (χ2v) is 4.08. The van der Waals surface area contributed by atoms with Gasteiger partial charge in [0.25, 0.3) is 0 Å². The molecular formula is C14H13F3N2O. The molecule has 106 valence electrons. The molecule has 0 aliphatic carbocycles. The van der Waals surface area contributed by atoms with E-state index in [2.05, 4.69) is 10.3 Å². The van der Waals surface area contributed by atoms with Crippen molar-refractivity contribution >= 4 is 0 Å². The molecule has 20 heavy (non-hydrogen) atoms. The number of nitrogens with one attached hydrogen (secondary N) is 1. The molecule has 0 bridgehead atoms. The molecule has 0 fully saturated rings. The van der Waals surface area contributed by atoms with Gasteiger partial charge < -0.3 is 10.1 Å². The van der Waals surface area contributed by atoms with Crippen molar-refractivity contribution < 1.29 is 17.9 Å². The standard InChI is InChI=1S/C14H13F3N2O/c1-18-13(14-10(20-2)4-3-7-19-14)8-5-6-9(15)12(17)11(8)16/h3-7,13,18H,1-2H3. The summed E-state index contributed by atoms with van der Waals surface area (Å²) in [5, 5.41) is 2.83. The first-order valence-electron chi connectivity index (χ1n) is 5.89. The third-order valence-corrected chi connectivity index (χ3v) is 2.96. The summed E-state index contributed by atoms with van der Waals surface area (Å²) in [6, 6.07) is 4.64. The zero-order valence-electron chi connectivity index (χ0n) is 11.0. The monoisotopic (exact) mass is 282 g/mol. The molecule has 1 heterocycles. The number of hydrogen-bond acceptors (Lipinski definition) is 3. The molecule has 0 radical (unpaired) electrons. The summed E-state index contributed by atoms with van der Waals surface area (Å²) in [6.07, 6.45) is 1.51. The Morgan fingerprint density at radius 3 is 2.55 bits per heavy atom. The average molecular weight is 282 g/mol. The van der Waals surface area contributed by atoms with Gasteiger partial charge in [-0.2, -0.15) is 0 Å². The lowest BCUT2D eigenvalue weighted by Crippen LogP contribution is -2.21. The van der Waals surface area contributed by atoms with E-state index in [-0.39, 0.29) is 5.56 Å². The molecule has 3 nitrogen and oxygen atoms in total. The maximum absolute atomic E-state index is 13.9. The zero-order chi connectivity index (χ0) is 14.7. The fourth-order valence-electron chi connectivity index (χ4n) is 2.00. The van der Waals surface area contributed by atoms with Gasteiger partial charge in [0.1, 0.15) is 11.4 Å². The van der Waals surface area contributed by atoms with Gasteiger partial charge in [-0.05, 0) is 25.2 Å². The molecule has 0 spiro atoms. The predicted molar refractivity (Wildman–Crippen MR) is 68.0 cm³/mol. The average Bonchev–Trinajstić information content (AvgIpc) is 2.48. The van der Waals surface area contributed by atoms with E-state index in [0.717, 1.165) is 6.07 Å². The lowest BCUT2D eigenvalue weighted by Gasteiger charge is -2.19. The molecule has 2 aromatic rings. The highest BCUT2D eigenvalue weighted by molar-refractivity contribution is 5.37. The van der Waals surface area contributed by atoms with E-state index in [1.807, 2.05) is 0 Å². The van der Waals surface area contributed by atoms with Crippen molar-refractivity contribution in [2.75, 3.05) is 14.2 Å². The molecule has 1 unspecified atom stereocenters. The number of aromatic nitrogens is 1. The number of rotatable bonds is 4. The molecular weight excluding hydrogens is 269 g/mol. The summed E-state index contributed by atoms with van der Waals surface area (Å²) in [6.45, 7) is 0. The topological polar surface area (TPSA) is 34.2 Å². The van der Waals surface area contributed by atoms with Gasteiger partial charge in [0.15, 0.2) is 17.5 Å². The van der Waals surface area contributed by atoms with E-state index in [1.54, 1.807) is 19.2 Å². The fourth-order valence-corrected chi connectivity index (χ4v) is 2.00. The van der Waals surface area contributed by atoms with Crippen LogP contribution in [0.2, 0.25) is 0 Å². The lowest BCUT2D eigenvalue weighted by molar-refractivity contribution is 0.398. The van der Waals surface area contributed by atoms with Crippen molar-refractivity contribution in [3.63, 3.8) is 0 Å². The zero-order valence-corrected chi connectivity index (χ0v) is 11.0. The quantitative estimate of drug-likeness (QED) is 0.876. The molecule has 0 saturated heterocycles. The smallest absolute Gasteiger partial charge is 0.194 e. The molecule has 1 aromatic carbocycles. The van der Waals surface area contributed by atoms with Crippen LogP contribution in [0.15, 0.2) is 30.5 Å². The Labute approximate surface area is 114 Å². The van der Waals surface area contributed by atoms with Crippen LogP contribution in [0.4, 0.5) is 13.2 Å². The van der Waals surface area contributed by atoms with Gasteiger partial charge in [-0.1, -0.05) is 6.07 Å². The first-order valence-corrected chi connectivity index (χ1v) is 5.89. The molecule has 0 aliphatic heterocycles. The molecule has 2 rings (SSSR count). The van der Waals surface area contributed by atoms with Crippen LogP contribution in [-0.2, 0) is 0 Å². The number of methoxy groups -OCH3 is 1. The van der Waals surface area contributed by atoms with Crippen LogP contribution in [0.5, 0.6) is 5.75 Å². The number of hydrogen-bond donors (Lipinski definition) is 1. The summed E-state index contributed by atoms with van der Waals surface area (Å²) in [5.41, 5.74) is 0.353. The highest BCUT2D eigenvalue weighted by atomic mass is 19.2. The van der Waals surface area contributed by atoms with E-state index in [1.165, 1.54) is 19.4 Å². The van der Waals surface area contributed by atoms with Crippen LogP contribution in [0.1, 0.15) is 17.3 Å². The molecule has 0 saturated carbocycles. The maximum atomic E-state index is 13.9. The van der Waals surface area contributed by atoms with Gasteiger partial charge >= 0.3 is 0 Å². The SMILES string of the molecule is CNC(c1ccc(F)c(F)c1F)c1ncccc1OC. The Balaban J connectivity index is 2.56. The predicted octanol–water partition coefficient (Wildman–Crippen LogP) is 2.82. The lowest BCUT2D eigenvalue weighted by atomic mass is 10.0. The molecule has 1 atom stereocenters. The van der Waals surface area contributed by atoms with Gasteiger partial charge in [0, 0.05) is 11.8 Å². The molecule has 6 heteroatoms. The highest BCUT2D eigenvalue weighted by Gasteiger charge is 2.24. The second-order valence-electron chi connectivity index (χ2n) is 4.08. The highest BCUT2D eigenvalue weighted by Crippen LogP contribution is 2.30. The first-order chi connectivity index (χ1) is 9.60. The van der Waals surface area contributed by atoms with Crippen molar-refractivity contribution in [1.29, 1.82) is 0 Å². The fraction of sp³-hybridized carbons (Fsp3) is 0.214. The minimum Gasteiger partial charge on any atom is -0.495 e. The van der Waals surface area contributed by atoms with Crippen LogP contribution < -0.4 is 10.1 Å². The molecule has 1 N–H and O–H groups in total. The van der Waals surface area contributed by atoms with Crippen LogP contribution >= 0.6 is 0 Å². The van der Waals surface area contributed by atoms with Crippen LogP contribution in [0.25, 0.3) is 0 Å². The van der Waals surface area contributed by atoms with Crippen LogP contribution in [-0.4, -0.2) is 19.1 Å². The van der Waals surface area contributed by atoms with Crippen LogP contribution in [0, 0.1) is 17.5 Å². The van der Waals surface area contributed by atoms with E-state index in [0.29, 0.717) is 11.4 Å². The normalized spacial score (nSPS) is 12.2. The molecule has 1 aromatic heterocycles. The van der Waals surface area contributed by atoms with Crippen molar-refractivity contribution in [2.24, 2.45) is 0 Å².